The summed E-state index contributed by atoms with van der Waals surface area (Å²) in [5.41, 5.74) is 6.16. The number of pyridine rings is 1. The minimum atomic E-state index is 0.630. The molecule has 0 saturated carbocycles. The number of benzene rings is 1. The van der Waals surface area contributed by atoms with Crippen LogP contribution in [0.4, 0.5) is 5.82 Å². The van der Waals surface area contributed by atoms with Crippen LogP contribution in [0.1, 0.15) is 16.8 Å². The van der Waals surface area contributed by atoms with E-state index in [0.29, 0.717) is 12.4 Å². The summed E-state index contributed by atoms with van der Waals surface area (Å²) in [5, 5.41) is 8.12. The molecule has 0 aliphatic heterocycles. The van der Waals surface area contributed by atoms with E-state index in [9.17, 15) is 0 Å². The van der Waals surface area contributed by atoms with E-state index in [1.807, 2.05) is 62.1 Å². The minimum Gasteiger partial charge on any atom is -0.366 e. The lowest BCUT2D eigenvalue weighted by Gasteiger charge is -2.12. The summed E-state index contributed by atoms with van der Waals surface area (Å²) in [6.07, 6.45) is 5.55. The summed E-state index contributed by atoms with van der Waals surface area (Å²) in [5.74, 6) is 1.53. The standard InChI is InChI=1S/C22H22N6/c1-15-16(2)25-22(18-9-11-23-12-10-18)26-21(15)24-13-19-14-28(3)27-20(19)17-7-5-4-6-8-17/h4-12,14H,13H2,1-3H3,(H,24,25,26). The first kappa shape index (κ1) is 17.9. The zero-order valence-electron chi connectivity index (χ0n) is 16.2. The van der Waals surface area contributed by atoms with Gasteiger partial charge in [0.2, 0.25) is 0 Å². The van der Waals surface area contributed by atoms with E-state index in [4.69, 9.17) is 4.98 Å². The molecule has 0 unspecified atom stereocenters. The first-order chi connectivity index (χ1) is 13.6. The van der Waals surface area contributed by atoms with E-state index in [1.54, 1.807) is 12.4 Å². The SMILES string of the molecule is Cc1nc(-c2ccncc2)nc(NCc2cn(C)nc2-c2ccccc2)c1C. The van der Waals surface area contributed by atoms with Crippen molar-refractivity contribution in [1.29, 1.82) is 0 Å². The summed E-state index contributed by atoms with van der Waals surface area (Å²) >= 11 is 0. The second-order valence-corrected chi connectivity index (χ2v) is 6.74. The van der Waals surface area contributed by atoms with Crippen LogP contribution in [-0.4, -0.2) is 24.7 Å². The molecular formula is C22H22N6. The number of anilines is 1. The van der Waals surface area contributed by atoms with Crippen LogP contribution >= 0.6 is 0 Å². The maximum atomic E-state index is 4.75. The van der Waals surface area contributed by atoms with Crippen LogP contribution in [0.2, 0.25) is 0 Å². The zero-order chi connectivity index (χ0) is 19.5. The highest BCUT2D eigenvalue weighted by molar-refractivity contribution is 5.64. The van der Waals surface area contributed by atoms with Gasteiger partial charge in [-0.05, 0) is 26.0 Å². The lowest BCUT2D eigenvalue weighted by atomic mass is 10.1. The zero-order valence-corrected chi connectivity index (χ0v) is 16.2. The third kappa shape index (κ3) is 3.62. The average Bonchev–Trinajstić information content (AvgIpc) is 3.11. The predicted molar refractivity (Wildman–Crippen MR) is 111 cm³/mol. The van der Waals surface area contributed by atoms with Crippen molar-refractivity contribution >= 4 is 5.82 Å². The molecule has 0 fully saturated rings. The second kappa shape index (κ2) is 7.60. The maximum Gasteiger partial charge on any atom is 0.161 e. The van der Waals surface area contributed by atoms with Gasteiger partial charge >= 0.3 is 0 Å². The molecule has 0 atom stereocenters. The van der Waals surface area contributed by atoms with Gasteiger partial charge in [-0.15, -0.1) is 0 Å². The molecule has 3 heterocycles. The van der Waals surface area contributed by atoms with Gasteiger partial charge in [-0.3, -0.25) is 9.67 Å². The van der Waals surface area contributed by atoms with Crippen molar-refractivity contribution in [2.45, 2.75) is 20.4 Å². The molecule has 4 aromatic rings. The van der Waals surface area contributed by atoms with Gasteiger partial charge in [-0.1, -0.05) is 30.3 Å². The fourth-order valence-electron chi connectivity index (χ4n) is 3.12. The number of nitrogens with zero attached hydrogens (tertiary/aromatic N) is 5. The monoisotopic (exact) mass is 370 g/mol. The van der Waals surface area contributed by atoms with Crippen molar-refractivity contribution in [3.8, 4) is 22.6 Å². The predicted octanol–water partition coefficient (Wildman–Crippen LogP) is 4.17. The van der Waals surface area contributed by atoms with Crippen LogP contribution in [0.15, 0.2) is 61.1 Å². The summed E-state index contributed by atoms with van der Waals surface area (Å²) in [7, 11) is 1.94. The Labute approximate surface area is 164 Å². The topological polar surface area (TPSA) is 68.5 Å². The van der Waals surface area contributed by atoms with Gasteiger partial charge in [0.15, 0.2) is 5.82 Å². The van der Waals surface area contributed by atoms with E-state index in [1.165, 1.54) is 0 Å². The molecule has 6 heteroatoms. The van der Waals surface area contributed by atoms with Gasteiger partial charge in [-0.25, -0.2) is 9.97 Å². The van der Waals surface area contributed by atoms with Crippen molar-refractivity contribution in [2.75, 3.05) is 5.32 Å². The van der Waals surface area contributed by atoms with Crippen LogP contribution in [-0.2, 0) is 13.6 Å². The Bertz CT molecular complexity index is 1090. The third-order valence-corrected chi connectivity index (χ3v) is 4.73. The van der Waals surface area contributed by atoms with Crippen molar-refractivity contribution in [1.82, 2.24) is 24.7 Å². The lowest BCUT2D eigenvalue weighted by Crippen LogP contribution is -2.07. The second-order valence-electron chi connectivity index (χ2n) is 6.74. The van der Waals surface area contributed by atoms with E-state index in [-0.39, 0.29) is 0 Å². The number of rotatable bonds is 5. The summed E-state index contributed by atoms with van der Waals surface area (Å²) in [6.45, 7) is 4.67. The van der Waals surface area contributed by atoms with Gasteiger partial charge in [-0.2, -0.15) is 5.10 Å². The Balaban J connectivity index is 1.64. The fraction of sp³-hybridized carbons (Fsp3) is 0.182. The van der Waals surface area contributed by atoms with Gasteiger partial charge < -0.3 is 5.32 Å². The molecule has 0 spiro atoms. The Kier molecular flexibility index (Phi) is 4.85. The highest BCUT2D eigenvalue weighted by Gasteiger charge is 2.13. The molecule has 1 N–H and O–H groups in total. The van der Waals surface area contributed by atoms with Gasteiger partial charge in [0.05, 0.1) is 5.69 Å². The largest absolute Gasteiger partial charge is 0.366 e. The number of hydrogen-bond acceptors (Lipinski definition) is 5. The molecule has 0 aliphatic carbocycles. The highest BCUT2D eigenvalue weighted by Crippen LogP contribution is 2.25. The van der Waals surface area contributed by atoms with Gasteiger partial charge in [0.1, 0.15) is 5.82 Å². The molecule has 0 aliphatic rings. The maximum absolute atomic E-state index is 4.75. The Hall–Kier alpha value is -3.54. The van der Waals surface area contributed by atoms with Crippen LogP contribution in [0.25, 0.3) is 22.6 Å². The Morgan fingerprint density at radius 3 is 2.43 bits per heavy atom. The Morgan fingerprint density at radius 2 is 1.68 bits per heavy atom. The Morgan fingerprint density at radius 1 is 0.929 bits per heavy atom. The summed E-state index contributed by atoms with van der Waals surface area (Å²) in [4.78, 5) is 13.5. The smallest absolute Gasteiger partial charge is 0.161 e. The van der Waals surface area contributed by atoms with Crippen molar-refractivity contribution in [3.05, 3.63) is 77.9 Å². The number of aryl methyl sites for hydroxylation is 2. The number of aromatic nitrogens is 5. The quantitative estimate of drug-likeness (QED) is 0.571. The van der Waals surface area contributed by atoms with Crippen molar-refractivity contribution in [2.24, 2.45) is 7.05 Å². The third-order valence-electron chi connectivity index (χ3n) is 4.73. The molecule has 0 bridgehead atoms. The van der Waals surface area contributed by atoms with E-state index >= 15 is 0 Å². The molecule has 140 valence electrons. The fourth-order valence-corrected chi connectivity index (χ4v) is 3.12. The van der Waals surface area contributed by atoms with Crippen LogP contribution < -0.4 is 5.32 Å². The van der Waals surface area contributed by atoms with Crippen molar-refractivity contribution in [3.63, 3.8) is 0 Å². The number of hydrogen-bond donors (Lipinski definition) is 1. The molecule has 1 aromatic carbocycles. The molecule has 3 aromatic heterocycles. The van der Waals surface area contributed by atoms with E-state index in [2.05, 4.69) is 32.5 Å². The lowest BCUT2D eigenvalue weighted by molar-refractivity contribution is 0.770. The minimum absolute atomic E-state index is 0.630. The molecule has 4 rings (SSSR count). The molecule has 0 amide bonds. The molecular weight excluding hydrogens is 348 g/mol. The van der Waals surface area contributed by atoms with E-state index < -0.39 is 0 Å². The molecule has 28 heavy (non-hydrogen) atoms. The van der Waals surface area contributed by atoms with Crippen molar-refractivity contribution < 1.29 is 0 Å². The molecule has 0 saturated heterocycles. The average molecular weight is 370 g/mol. The summed E-state index contributed by atoms with van der Waals surface area (Å²) < 4.78 is 1.85. The first-order valence-electron chi connectivity index (χ1n) is 9.19. The molecule has 0 radical (unpaired) electrons. The highest BCUT2D eigenvalue weighted by atomic mass is 15.3. The number of nitrogens with one attached hydrogen (secondary N) is 1. The van der Waals surface area contributed by atoms with Gasteiger partial charge in [0.25, 0.3) is 0 Å². The van der Waals surface area contributed by atoms with Crippen LogP contribution in [0.5, 0.6) is 0 Å². The first-order valence-corrected chi connectivity index (χ1v) is 9.19. The van der Waals surface area contributed by atoms with Crippen LogP contribution in [0.3, 0.4) is 0 Å². The normalized spacial score (nSPS) is 10.8. The van der Waals surface area contributed by atoms with Gasteiger partial charge in [0, 0.05) is 60.1 Å². The molecule has 6 nitrogen and oxygen atoms in total. The van der Waals surface area contributed by atoms with E-state index in [0.717, 1.165) is 39.5 Å². The van der Waals surface area contributed by atoms with Crippen LogP contribution in [0, 0.1) is 13.8 Å². The summed E-state index contributed by atoms with van der Waals surface area (Å²) in [6, 6.07) is 14.1.